The maximum absolute atomic E-state index is 12.2. The molecule has 0 aliphatic heterocycles. The van der Waals surface area contributed by atoms with E-state index in [0.717, 1.165) is 17.0 Å². The standard InChI is InChI=1S/C20H22N4O3S/c1-12-16(13(2)23-20(22-12)28-4)9-10-18(25)27-14(3)19(26)24-17-8-6-5-7-15(17)11-21/h5-8,14H,9-10H2,1-4H3,(H,24,26). The highest BCUT2D eigenvalue weighted by atomic mass is 32.2. The summed E-state index contributed by atoms with van der Waals surface area (Å²) in [5, 5.41) is 12.4. The molecular weight excluding hydrogens is 376 g/mol. The summed E-state index contributed by atoms with van der Waals surface area (Å²) < 4.78 is 5.23. The summed E-state index contributed by atoms with van der Waals surface area (Å²) in [4.78, 5) is 33.2. The molecule has 146 valence electrons. The van der Waals surface area contributed by atoms with Crippen LogP contribution in [-0.2, 0) is 20.7 Å². The van der Waals surface area contributed by atoms with E-state index in [1.165, 1.54) is 18.7 Å². The number of rotatable bonds is 7. The number of hydrogen-bond donors (Lipinski definition) is 1. The molecule has 1 N–H and O–H groups in total. The van der Waals surface area contributed by atoms with Crippen LogP contribution in [0.4, 0.5) is 5.69 Å². The molecule has 1 unspecified atom stereocenters. The van der Waals surface area contributed by atoms with Crippen LogP contribution in [0.2, 0.25) is 0 Å². The number of carbonyl (C=O) groups is 2. The monoisotopic (exact) mass is 398 g/mol. The molecule has 1 heterocycles. The summed E-state index contributed by atoms with van der Waals surface area (Å²) in [6.45, 7) is 5.27. The van der Waals surface area contributed by atoms with Crippen molar-refractivity contribution in [1.29, 1.82) is 5.26 Å². The number of carbonyl (C=O) groups excluding carboxylic acids is 2. The molecule has 1 aromatic carbocycles. The van der Waals surface area contributed by atoms with E-state index in [1.54, 1.807) is 24.3 Å². The molecule has 7 nitrogen and oxygen atoms in total. The lowest BCUT2D eigenvalue weighted by Gasteiger charge is -2.15. The largest absolute Gasteiger partial charge is 0.453 e. The number of nitriles is 1. The molecule has 0 aliphatic rings. The summed E-state index contributed by atoms with van der Waals surface area (Å²) in [5.74, 6) is -0.972. The first kappa shape index (κ1) is 21.4. The first-order chi connectivity index (χ1) is 13.3. The van der Waals surface area contributed by atoms with Gasteiger partial charge in [-0.05, 0) is 51.1 Å². The zero-order valence-corrected chi connectivity index (χ0v) is 17.1. The predicted molar refractivity (Wildman–Crippen MR) is 107 cm³/mol. The number of hydrogen-bond acceptors (Lipinski definition) is 7. The van der Waals surface area contributed by atoms with E-state index in [0.29, 0.717) is 22.8 Å². The van der Waals surface area contributed by atoms with Crippen LogP contribution >= 0.6 is 11.8 Å². The van der Waals surface area contributed by atoms with Gasteiger partial charge in [0.05, 0.1) is 11.3 Å². The molecular formula is C20H22N4O3S. The van der Waals surface area contributed by atoms with E-state index in [2.05, 4.69) is 15.3 Å². The normalized spacial score (nSPS) is 11.4. The Morgan fingerprint density at radius 2 is 1.89 bits per heavy atom. The summed E-state index contributed by atoms with van der Waals surface area (Å²) in [6, 6.07) is 8.64. The van der Waals surface area contributed by atoms with E-state index in [9.17, 15) is 9.59 Å². The zero-order chi connectivity index (χ0) is 20.7. The molecule has 28 heavy (non-hydrogen) atoms. The van der Waals surface area contributed by atoms with Gasteiger partial charge in [0.2, 0.25) is 0 Å². The Hall–Kier alpha value is -2.92. The van der Waals surface area contributed by atoms with Crippen LogP contribution in [-0.4, -0.2) is 34.2 Å². The Morgan fingerprint density at radius 1 is 1.25 bits per heavy atom. The van der Waals surface area contributed by atoms with Crippen LogP contribution < -0.4 is 5.32 Å². The Bertz CT molecular complexity index is 901. The van der Waals surface area contributed by atoms with E-state index in [1.807, 2.05) is 26.2 Å². The number of aromatic nitrogens is 2. The van der Waals surface area contributed by atoms with Crippen LogP contribution in [0, 0.1) is 25.2 Å². The number of benzene rings is 1. The summed E-state index contributed by atoms with van der Waals surface area (Å²) in [7, 11) is 0. The molecule has 0 saturated carbocycles. The molecule has 1 aromatic heterocycles. The summed E-state index contributed by atoms with van der Waals surface area (Å²) >= 11 is 1.47. The fourth-order valence-corrected chi connectivity index (χ4v) is 3.08. The Labute approximate surface area is 168 Å². The topological polar surface area (TPSA) is 105 Å². The SMILES string of the molecule is CSc1nc(C)c(CCC(=O)OC(C)C(=O)Nc2ccccc2C#N)c(C)n1. The lowest BCUT2D eigenvalue weighted by molar-refractivity contribution is -0.153. The third-order valence-corrected chi connectivity index (χ3v) is 4.69. The molecule has 2 rings (SSSR count). The van der Waals surface area contributed by atoms with Crippen molar-refractivity contribution in [3.8, 4) is 6.07 Å². The van der Waals surface area contributed by atoms with Gasteiger partial charge in [0.1, 0.15) is 6.07 Å². The second-order valence-corrected chi connectivity index (χ2v) is 6.91. The van der Waals surface area contributed by atoms with Crippen molar-refractivity contribution in [3.05, 3.63) is 46.8 Å². The highest BCUT2D eigenvalue weighted by molar-refractivity contribution is 7.98. The summed E-state index contributed by atoms with van der Waals surface area (Å²) in [6.07, 6.45) is 1.50. The van der Waals surface area contributed by atoms with Gasteiger partial charge in [0.25, 0.3) is 5.91 Å². The number of aryl methyl sites for hydroxylation is 2. The lowest BCUT2D eigenvalue weighted by Crippen LogP contribution is -2.30. The van der Waals surface area contributed by atoms with Gasteiger partial charge in [-0.15, -0.1) is 0 Å². The maximum atomic E-state index is 12.2. The second-order valence-electron chi connectivity index (χ2n) is 6.14. The average Bonchev–Trinajstić information content (AvgIpc) is 2.67. The van der Waals surface area contributed by atoms with Gasteiger partial charge in [-0.3, -0.25) is 9.59 Å². The third kappa shape index (κ3) is 5.54. The number of ether oxygens (including phenoxy) is 1. The van der Waals surface area contributed by atoms with Crippen LogP contribution in [0.5, 0.6) is 0 Å². The van der Waals surface area contributed by atoms with Crippen molar-refractivity contribution < 1.29 is 14.3 Å². The fourth-order valence-electron chi connectivity index (χ4n) is 2.62. The van der Waals surface area contributed by atoms with E-state index >= 15 is 0 Å². The average molecular weight is 398 g/mol. The number of amides is 1. The fraction of sp³-hybridized carbons (Fsp3) is 0.350. The van der Waals surface area contributed by atoms with Crippen LogP contribution in [0.3, 0.4) is 0 Å². The lowest BCUT2D eigenvalue weighted by atomic mass is 10.1. The zero-order valence-electron chi connectivity index (χ0n) is 16.3. The van der Waals surface area contributed by atoms with E-state index < -0.39 is 18.0 Å². The van der Waals surface area contributed by atoms with Crippen molar-refractivity contribution in [1.82, 2.24) is 9.97 Å². The molecule has 1 amide bonds. The predicted octanol–water partition coefficient (Wildman–Crippen LogP) is 3.19. The number of nitrogens with one attached hydrogen (secondary N) is 1. The van der Waals surface area contributed by atoms with Crippen molar-refractivity contribution >= 4 is 29.3 Å². The first-order valence-electron chi connectivity index (χ1n) is 8.73. The minimum atomic E-state index is -0.975. The summed E-state index contributed by atoms with van der Waals surface area (Å²) in [5.41, 5.74) is 3.31. The van der Waals surface area contributed by atoms with Gasteiger partial charge in [0, 0.05) is 17.8 Å². The maximum Gasteiger partial charge on any atom is 0.306 e. The molecule has 2 aromatic rings. The molecule has 0 fully saturated rings. The molecule has 0 spiro atoms. The van der Waals surface area contributed by atoms with Crippen molar-refractivity contribution in [2.45, 2.75) is 44.9 Å². The number of anilines is 1. The number of esters is 1. The van der Waals surface area contributed by atoms with E-state index in [-0.39, 0.29) is 6.42 Å². The number of para-hydroxylation sites is 1. The molecule has 0 aliphatic carbocycles. The van der Waals surface area contributed by atoms with Gasteiger partial charge >= 0.3 is 5.97 Å². The van der Waals surface area contributed by atoms with Crippen LogP contribution in [0.1, 0.15) is 35.9 Å². The van der Waals surface area contributed by atoms with Gasteiger partial charge < -0.3 is 10.1 Å². The quantitative estimate of drug-likeness (QED) is 0.434. The molecule has 1 atom stereocenters. The Morgan fingerprint density at radius 3 is 2.50 bits per heavy atom. The van der Waals surface area contributed by atoms with Crippen molar-refractivity contribution in [2.24, 2.45) is 0 Å². The second kappa shape index (κ2) is 9.85. The molecule has 0 saturated heterocycles. The smallest absolute Gasteiger partial charge is 0.306 e. The number of thioether (sulfide) groups is 1. The van der Waals surface area contributed by atoms with Gasteiger partial charge in [-0.1, -0.05) is 23.9 Å². The van der Waals surface area contributed by atoms with Gasteiger partial charge in [-0.2, -0.15) is 5.26 Å². The Kier molecular flexibility index (Phi) is 7.52. The van der Waals surface area contributed by atoms with Gasteiger partial charge in [0.15, 0.2) is 11.3 Å². The molecule has 0 radical (unpaired) electrons. The molecule has 8 heteroatoms. The van der Waals surface area contributed by atoms with Crippen molar-refractivity contribution in [3.63, 3.8) is 0 Å². The van der Waals surface area contributed by atoms with Gasteiger partial charge in [-0.25, -0.2) is 9.97 Å². The van der Waals surface area contributed by atoms with Crippen LogP contribution in [0.15, 0.2) is 29.4 Å². The highest BCUT2D eigenvalue weighted by Gasteiger charge is 2.19. The minimum absolute atomic E-state index is 0.121. The third-order valence-electron chi connectivity index (χ3n) is 4.14. The van der Waals surface area contributed by atoms with E-state index in [4.69, 9.17) is 10.00 Å². The molecule has 0 bridgehead atoms. The van der Waals surface area contributed by atoms with Crippen molar-refractivity contribution in [2.75, 3.05) is 11.6 Å². The first-order valence-corrected chi connectivity index (χ1v) is 9.95. The highest BCUT2D eigenvalue weighted by Crippen LogP contribution is 2.18. The number of nitrogens with zero attached hydrogens (tertiary/aromatic N) is 3. The minimum Gasteiger partial charge on any atom is -0.453 e. The van der Waals surface area contributed by atoms with Crippen LogP contribution in [0.25, 0.3) is 0 Å². The Balaban J connectivity index is 1.92.